The Balaban J connectivity index is 0.000000200. The van der Waals surface area contributed by atoms with E-state index in [0.29, 0.717) is 61.5 Å². The lowest BCUT2D eigenvalue weighted by Crippen LogP contribution is -2.44. The first kappa shape index (κ1) is 103. The monoisotopic (exact) mass is 1830 g/mol. The molecule has 12 rings (SSSR count). The highest BCUT2D eigenvalue weighted by Gasteiger charge is 2.41. The van der Waals surface area contributed by atoms with Crippen LogP contribution in [0.1, 0.15) is 238 Å². The van der Waals surface area contributed by atoms with Crippen molar-refractivity contribution < 1.29 is 56.1 Å². The van der Waals surface area contributed by atoms with Crippen LogP contribution in [0, 0.1) is 31.6 Å². The maximum Gasteiger partial charge on any atom is 0.416 e. The van der Waals surface area contributed by atoms with Gasteiger partial charge in [-0.2, -0.15) is 13.2 Å². The van der Waals surface area contributed by atoms with E-state index in [1.165, 1.54) is 68.0 Å². The number of likely N-dealkylation sites (N-methyl/N-ethyl adjacent to an activating group) is 3. The standard InChI is InChI=1S/C36H52ClN3O3.C35H50ClN3O3.C33H43ClF3N3O3/c1-4-5-10-30-13-18-33(28(2)25-30)40(35(42)27-37)36(34(41)26-29-11-7-6-8-12-29)31-14-16-32(17-15-31)43-24-9-19-39-22-20-38(3)21-23-39;1-35(2,3)29-12-8-13-30(25-29)39(33(41)26-36)34(32(40)24-27-10-6-5-7-11-27)28-14-16-31(17-15-28)42-23-9-18-38-21-19-37(4)20-22-38;1-24-28(33(35,36)37)10-6-11-29(24)40(31(42)23-34)32(30(41)22-25-8-4-3-5-9-25)26-12-14-27(15-13-26)43-21-7-16-39-19-17-38(2)18-20-39/h13-18,25,29,36H,4-12,19-24,26-27H2,1-3H3;8,12-17,25,27,34H,5-7,9-11,18-24,26H2,1-4H3;6,10-15,25,32H,3-5,7-9,16-23H2,1-2H3. The molecule has 0 bridgehead atoms. The molecular formula is C104H145Cl3F3N9O9. The molecule has 3 saturated carbocycles. The number of anilines is 3. The molecule has 3 heterocycles. The minimum Gasteiger partial charge on any atom is -0.494 e. The van der Waals surface area contributed by atoms with Gasteiger partial charge in [0.1, 0.15) is 53.0 Å². The molecule has 702 valence electrons. The summed E-state index contributed by atoms with van der Waals surface area (Å²) in [5.74, 6) is 1.06. The van der Waals surface area contributed by atoms with Crippen molar-refractivity contribution in [3.8, 4) is 17.2 Å². The van der Waals surface area contributed by atoms with Crippen LogP contribution in [0.2, 0.25) is 0 Å². The zero-order chi connectivity index (χ0) is 91.7. The average Bonchev–Trinajstić information content (AvgIpc) is 0.778. The molecule has 6 aromatic rings. The predicted molar refractivity (Wildman–Crippen MR) is 514 cm³/mol. The molecule has 24 heteroatoms. The Labute approximate surface area is 777 Å². The smallest absolute Gasteiger partial charge is 0.416 e. The van der Waals surface area contributed by atoms with Crippen molar-refractivity contribution in [2.75, 3.05) is 171 Å². The summed E-state index contributed by atoms with van der Waals surface area (Å²) < 4.78 is 59.7. The number of rotatable bonds is 39. The van der Waals surface area contributed by atoms with Gasteiger partial charge in [-0.05, 0) is 196 Å². The summed E-state index contributed by atoms with van der Waals surface area (Å²) in [5, 5.41) is 0. The van der Waals surface area contributed by atoms with Gasteiger partial charge in [0, 0.05) is 134 Å². The van der Waals surface area contributed by atoms with Crippen molar-refractivity contribution in [1.82, 2.24) is 29.4 Å². The Bertz CT molecular complexity index is 4400. The number of alkyl halides is 6. The van der Waals surface area contributed by atoms with Gasteiger partial charge in [0.15, 0.2) is 17.3 Å². The van der Waals surface area contributed by atoms with E-state index < -0.39 is 41.7 Å². The fourth-order valence-electron chi connectivity index (χ4n) is 19.0. The zero-order valence-corrected chi connectivity index (χ0v) is 80.2. The molecule has 6 aromatic carbocycles. The molecule has 3 atom stereocenters. The number of unbranched alkanes of at least 4 members (excludes halogenated alkanes) is 1. The third-order valence-corrected chi connectivity index (χ3v) is 27.4. The van der Waals surface area contributed by atoms with Gasteiger partial charge in [-0.3, -0.25) is 43.5 Å². The number of carbonyl (C=O) groups is 6. The molecule has 6 aliphatic rings. The number of ketones is 3. The second kappa shape index (κ2) is 52.1. The number of halogens is 6. The molecule has 3 aliphatic carbocycles. The first-order chi connectivity index (χ1) is 61.6. The average molecular weight is 1830 g/mol. The first-order valence-electron chi connectivity index (χ1n) is 47.6. The minimum absolute atomic E-state index is 0.0340. The Kier molecular flexibility index (Phi) is 41.8. The van der Waals surface area contributed by atoms with Gasteiger partial charge in [0.05, 0.1) is 25.4 Å². The normalized spacial score (nSPS) is 17.8. The van der Waals surface area contributed by atoms with Crippen molar-refractivity contribution in [2.45, 2.75) is 225 Å². The summed E-state index contributed by atoms with van der Waals surface area (Å²) in [6.07, 6.45) is 19.2. The molecule has 0 radical (unpaired) electrons. The summed E-state index contributed by atoms with van der Waals surface area (Å²) in [6, 6.07) is 37.9. The fraction of sp³-hybridized carbons (Fsp3) is 0.596. The largest absolute Gasteiger partial charge is 0.494 e. The lowest BCUT2D eigenvalue weighted by atomic mass is 9.83. The van der Waals surface area contributed by atoms with Crippen LogP contribution in [0.15, 0.2) is 133 Å². The molecule has 128 heavy (non-hydrogen) atoms. The summed E-state index contributed by atoms with van der Waals surface area (Å²) in [4.78, 5) is 102. The van der Waals surface area contributed by atoms with Gasteiger partial charge in [0.2, 0.25) is 17.7 Å². The topological polar surface area (TPSA) is 159 Å². The molecule has 0 N–H and O–H groups in total. The molecule has 18 nitrogen and oxygen atoms in total. The number of amides is 3. The van der Waals surface area contributed by atoms with E-state index in [4.69, 9.17) is 49.0 Å². The molecule has 0 spiro atoms. The summed E-state index contributed by atoms with van der Waals surface area (Å²) in [6.45, 7) is 30.0. The number of benzene rings is 6. The Morgan fingerprint density at radius 2 is 0.773 bits per heavy atom. The van der Waals surface area contributed by atoms with Crippen LogP contribution in [-0.4, -0.2) is 221 Å². The van der Waals surface area contributed by atoms with Gasteiger partial charge in [-0.25, -0.2) is 0 Å². The van der Waals surface area contributed by atoms with Gasteiger partial charge >= 0.3 is 6.18 Å². The van der Waals surface area contributed by atoms with E-state index in [2.05, 4.69) is 96.4 Å². The van der Waals surface area contributed by atoms with E-state index in [1.807, 2.05) is 79.7 Å². The molecule has 3 amide bonds. The molecular weight excluding hydrogens is 1680 g/mol. The van der Waals surface area contributed by atoms with Crippen LogP contribution in [0.5, 0.6) is 17.2 Å². The third-order valence-electron chi connectivity index (χ3n) is 26.7. The van der Waals surface area contributed by atoms with Gasteiger partial charge < -0.3 is 43.6 Å². The van der Waals surface area contributed by atoms with Crippen LogP contribution >= 0.6 is 34.8 Å². The first-order valence-corrected chi connectivity index (χ1v) is 49.2. The van der Waals surface area contributed by atoms with Crippen LogP contribution < -0.4 is 28.9 Å². The quantitative estimate of drug-likeness (QED) is 0.0265. The fourth-order valence-corrected chi connectivity index (χ4v) is 19.4. The van der Waals surface area contributed by atoms with Crippen molar-refractivity contribution in [2.24, 2.45) is 17.8 Å². The van der Waals surface area contributed by atoms with Crippen molar-refractivity contribution in [1.29, 1.82) is 0 Å². The third kappa shape index (κ3) is 31.4. The number of piperazine rings is 3. The van der Waals surface area contributed by atoms with Crippen molar-refractivity contribution in [3.63, 3.8) is 0 Å². The molecule has 3 aliphatic heterocycles. The van der Waals surface area contributed by atoms with Crippen LogP contribution in [0.3, 0.4) is 0 Å². The number of nitrogens with zero attached hydrogens (tertiary/aromatic N) is 9. The molecule has 0 aromatic heterocycles. The van der Waals surface area contributed by atoms with E-state index in [9.17, 15) is 41.9 Å². The van der Waals surface area contributed by atoms with Gasteiger partial charge in [0.25, 0.3) is 0 Å². The SMILES string of the molecule is CCCCc1ccc(N(C(=O)CCl)C(C(=O)CC2CCCCC2)c2ccc(OCCCN3CCN(C)CC3)cc2)c(C)c1.CN1CCN(CCCOc2ccc(C(C(=O)CC3CCCCC3)N(C(=O)CCl)c3cccc(C(C)(C)C)c3)cc2)CC1.Cc1c(N(C(=O)CCl)C(C(=O)CC2CCCCC2)c2ccc(OCCCN3CCN(C)CC3)cc2)cccc1C(F)(F)F. The molecule has 3 unspecified atom stereocenters. The number of ether oxygens (including phenoxy) is 3. The Morgan fingerprint density at radius 3 is 1.12 bits per heavy atom. The maximum absolute atomic E-state index is 14.2. The number of carbonyl (C=O) groups excluding carboxylic acids is 6. The van der Waals surface area contributed by atoms with Crippen LogP contribution in [0.4, 0.5) is 30.2 Å². The zero-order valence-electron chi connectivity index (χ0n) is 78.0. The van der Waals surface area contributed by atoms with Crippen LogP contribution in [0.25, 0.3) is 0 Å². The van der Waals surface area contributed by atoms with Gasteiger partial charge in [-0.1, -0.05) is 197 Å². The number of hydrogen-bond donors (Lipinski definition) is 0. The van der Waals surface area contributed by atoms with E-state index in [-0.39, 0.29) is 69.9 Å². The van der Waals surface area contributed by atoms with Crippen LogP contribution in [-0.2, 0) is 46.8 Å². The van der Waals surface area contributed by atoms with E-state index in [1.54, 1.807) is 34.1 Å². The predicted octanol–water partition coefficient (Wildman–Crippen LogP) is 20.9. The van der Waals surface area contributed by atoms with E-state index in [0.717, 1.165) is 240 Å². The molecule has 3 saturated heterocycles. The van der Waals surface area contributed by atoms with Gasteiger partial charge in [-0.15, -0.1) is 34.8 Å². The highest BCUT2D eigenvalue weighted by molar-refractivity contribution is 6.31. The highest BCUT2D eigenvalue weighted by atomic mass is 35.5. The Hall–Kier alpha value is -7.44. The Morgan fingerprint density at radius 1 is 0.422 bits per heavy atom. The van der Waals surface area contributed by atoms with E-state index >= 15 is 0 Å². The molecule has 6 fully saturated rings. The van der Waals surface area contributed by atoms with Crippen molar-refractivity contribution in [3.05, 3.63) is 178 Å². The summed E-state index contributed by atoms with van der Waals surface area (Å²) in [7, 11) is 6.48. The number of Topliss-reactive ketones (excluding diaryl/α,β-unsaturated/α-hetero) is 3. The summed E-state index contributed by atoms with van der Waals surface area (Å²) >= 11 is 18.4. The second-order valence-electron chi connectivity index (χ2n) is 37.6. The lowest BCUT2D eigenvalue weighted by molar-refractivity contribution is -0.138. The lowest BCUT2D eigenvalue weighted by Gasteiger charge is -2.34. The highest BCUT2D eigenvalue weighted by Crippen LogP contribution is 2.43. The summed E-state index contributed by atoms with van der Waals surface area (Å²) in [5.41, 5.74) is 5.88. The van der Waals surface area contributed by atoms with Crippen molar-refractivity contribution >= 4 is 86.9 Å². The number of aryl methyl sites for hydroxylation is 2. The number of hydrogen-bond acceptors (Lipinski definition) is 15. The minimum atomic E-state index is -4.61. The second-order valence-corrected chi connectivity index (χ2v) is 38.4. The maximum atomic E-state index is 14.2.